The average molecular weight is 463 g/mol. The molecule has 1 aliphatic rings. The number of piperazine rings is 1. The Morgan fingerprint density at radius 2 is 1.43 bits per heavy atom. The summed E-state index contributed by atoms with van der Waals surface area (Å²) < 4.78 is 6.15. The zero-order valence-corrected chi connectivity index (χ0v) is 19.4. The zero-order chi connectivity index (χ0) is 23.5. The first kappa shape index (κ1) is 21.4. The molecule has 0 saturated carbocycles. The second kappa shape index (κ2) is 9.64. The lowest BCUT2D eigenvalue weighted by atomic mass is 10.2. The Balaban J connectivity index is 1.29. The third kappa shape index (κ3) is 4.63. The molecule has 0 radical (unpaired) electrons. The number of oxazole rings is 1. The lowest BCUT2D eigenvalue weighted by Gasteiger charge is -2.35. The molecule has 1 aliphatic heterocycles. The van der Waals surface area contributed by atoms with E-state index in [1.807, 2.05) is 79.0 Å². The van der Waals surface area contributed by atoms with E-state index in [-0.39, 0.29) is 0 Å². The summed E-state index contributed by atoms with van der Waals surface area (Å²) in [6, 6.07) is 26.1. The maximum absolute atomic E-state index is 6.15. The summed E-state index contributed by atoms with van der Waals surface area (Å²) in [5.74, 6) is 2.06. The Morgan fingerprint density at radius 3 is 2.14 bits per heavy atom. The van der Waals surface area contributed by atoms with Crippen molar-refractivity contribution in [2.24, 2.45) is 0 Å². The van der Waals surface area contributed by atoms with E-state index in [9.17, 15) is 0 Å². The quantitative estimate of drug-likeness (QED) is 0.362. The van der Waals surface area contributed by atoms with E-state index in [2.05, 4.69) is 20.9 Å². The van der Waals surface area contributed by atoms with Crippen molar-refractivity contribution in [2.45, 2.75) is 6.42 Å². The van der Waals surface area contributed by atoms with Crippen LogP contribution in [0.1, 0.15) is 5.69 Å². The minimum atomic E-state index is 0.519. The Morgan fingerprint density at radius 1 is 0.714 bits per heavy atom. The van der Waals surface area contributed by atoms with Gasteiger partial charge in [-0.2, -0.15) is 4.98 Å². The molecule has 0 aliphatic carbocycles. The van der Waals surface area contributed by atoms with Gasteiger partial charge in [0.15, 0.2) is 17.2 Å². The number of pyridine rings is 1. The first-order valence-electron chi connectivity index (χ1n) is 12.0. The summed E-state index contributed by atoms with van der Waals surface area (Å²) in [5.41, 5.74) is 4.26. The minimum Gasteiger partial charge on any atom is -0.417 e. The van der Waals surface area contributed by atoms with Crippen LogP contribution in [0.3, 0.4) is 0 Å². The smallest absolute Gasteiger partial charge is 0.253 e. The molecule has 0 atom stereocenters. The Hall–Kier alpha value is -4.10. The number of nitrogens with zero attached hydrogens (tertiary/aromatic N) is 6. The van der Waals surface area contributed by atoms with Crippen molar-refractivity contribution in [3.8, 4) is 22.8 Å². The van der Waals surface area contributed by atoms with Gasteiger partial charge in [0, 0.05) is 62.2 Å². The lowest BCUT2D eigenvalue weighted by Crippen LogP contribution is -2.47. The SMILES string of the molecule is c1ccc(-c2nc(N3CCN(CCc4ccccn4)CC3)c3nc(-c4ccccc4)oc3n2)cc1. The second-order valence-electron chi connectivity index (χ2n) is 8.68. The van der Waals surface area contributed by atoms with Gasteiger partial charge in [-0.25, -0.2) is 9.97 Å². The van der Waals surface area contributed by atoms with Gasteiger partial charge in [0.2, 0.25) is 5.89 Å². The van der Waals surface area contributed by atoms with Gasteiger partial charge in [-0.15, -0.1) is 0 Å². The van der Waals surface area contributed by atoms with E-state index in [1.54, 1.807) is 0 Å². The van der Waals surface area contributed by atoms with Gasteiger partial charge in [-0.1, -0.05) is 54.6 Å². The number of rotatable bonds is 6. The topological polar surface area (TPSA) is 71.2 Å². The van der Waals surface area contributed by atoms with Gasteiger partial charge in [0.25, 0.3) is 5.71 Å². The fraction of sp³-hybridized carbons (Fsp3) is 0.214. The fourth-order valence-electron chi connectivity index (χ4n) is 4.45. The first-order chi connectivity index (χ1) is 17.3. The van der Waals surface area contributed by atoms with Crippen molar-refractivity contribution in [3.63, 3.8) is 0 Å². The summed E-state index contributed by atoms with van der Waals surface area (Å²) >= 11 is 0. The zero-order valence-electron chi connectivity index (χ0n) is 19.4. The number of fused-ring (bicyclic) bond motifs is 1. The average Bonchev–Trinajstić information content (AvgIpc) is 3.38. The summed E-state index contributed by atoms with van der Waals surface area (Å²) in [6.45, 7) is 4.67. The molecule has 0 amide bonds. The van der Waals surface area contributed by atoms with Crippen molar-refractivity contribution in [3.05, 3.63) is 90.8 Å². The minimum absolute atomic E-state index is 0.519. The molecule has 0 N–H and O–H groups in total. The Kier molecular flexibility index (Phi) is 5.90. The molecule has 1 fully saturated rings. The molecule has 2 aromatic carbocycles. The van der Waals surface area contributed by atoms with Crippen molar-refractivity contribution in [2.75, 3.05) is 37.6 Å². The number of anilines is 1. The lowest BCUT2D eigenvalue weighted by molar-refractivity contribution is 0.260. The van der Waals surface area contributed by atoms with Crippen LogP contribution in [0.2, 0.25) is 0 Å². The van der Waals surface area contributed by atoms with Gasteiger partial charge in [0.05, 0.1) is 0 Å². The molecular formula is C28H26N6O. The normalized spacial score (nSPS) is 14.5. The highest BCUT2D eigenvalue weighted by atomic mass is 16.4. The number of hydrogen-bond donors (Lipinski definition) is 0. The molecule has 7 heteroatoms. The summed E-state index contributed by atoms with van der Waals surface area (Å²) in [6.07, 6.45) is 2.82. The van der Waals surface area contributed by atoms with Gasteiger partial charge < -0.3 is 9.32 Å². The molecule has 0 unspecified atom stereocenters. The molecule has 174 valence electrons. The third-order valence-corrected chi connectivity index (χ3v) is 6.38. The van der Waals surface area contributed by atoms with Crippen molar-refractivity contribution < 1.29 is 4.42 Å². The van der Waals surface area contributed by atoms with Crippen LogP contribution >= 0.6 is 0 Å². The molecule has 4 heterocycles. The van der Waals surface area contributed by atoms with E-state index in [0.717, 1.165) is 61.8 Å². The molecule has 6 rings (SSSR count). The second-order valence-corrected chi connectivity index (χ2v) is 8.68. The molecule has 0 bridgehead atoms. The highest BCUT2D eigenvalue weighted by Crippen LogP contribution is 2.31. The molecular weight excluding hydrogens is 436 g/mol. The number of hydrogen-bond acceptors (Lipinski definition) is 7. The predicted octanol–water partition coefficient (Wildman–Crippen LogP) is 4.71. The van der Waals surface area contributed by atoms with Crippen LogP contribution in [0, 0.1) is 0 Å². The molecule has 1 saturated heterocycles. The van der Waals surface area contributed by atoms with Crippen LogP contribution < -0.4 is 4.90 Å². The molecule has 5 aromatic rings. The van der Waals surface area contributed by atoms with Gasteiger partial charge >= 0.3 is 0 Å². The maximum atomic E-state index is 6.15. The first-order valence-corrected chi connectivity index (χ1v) is 12.0. The highest BCUT2D eigenvalue weighted by Gasteiger charge is 2.24. The standard InChI is InChI=1S/C28H26N6O/c1-3-9-21(10-4-1)25-31-26(24-28(32-25)35-27(30-24)22-11-5-2-6-12-22)34-19-17-33(18-20-34)16-14-23-13-7-8-15-29-23/h1-13,15H,14,16-20H2. The van der Waals surface area contributed by atoms with E-state index in [1.165, 1.54) is 0 Å². The monoisotopic (exact) mass is 462 g/mol. The highest BCUT2D eigenvalue weighted by molar-refractivity contribution is 5.86. The predicted molar refractivity (Wildman–Crippen MR) is 137 cm³/mol. The van der Waals surface area contributed by atoms with E-state index in [0.29, 0.717) is 22.9 Å². The Bertz CT molecular complexity index is 1400. The molecule has 0 spiro atoms. The van der Waals surface area contributed by atoms with Crippen LogP contribution in [0.5, 0.6) is 0 Å². The summed E-state index contributed by atoms with van der Waals surface area (Å²) in [5, 5.41) is 0. The van der Waals surface area contributed by atoms with Crippen molar-refractivity contribution in [1.82, 2.24) is 24.8 Å². The largest absolute Gasteiger partial charge is 0.417 e. The van der Waals surface area contributed by atoms with E-state index >= 15 is 0 Å². The van der Waals surface area contributed by atoms with Crippen LogP contribution in [-0.2, 0) is 6.42 Å². The van der Waals surface area contributed by atoms with Crippen LogP contribution in [0.4, 0.5) is 5.82 Å². The van der Waals surface area contributed by atoms with Crippen LogP contribution in [0.25, 0.3) is 34.1 Å². The van der Waals surface area contributed by atoms with Gasteiger partial charge in [0.1, 0.15) is 0 Å². The number of benzene rings is 2. The maximum Gasteiger partial charge on any atom is 0.253 e. The van der Waals surface area contributed by atoms with Crippen LogP contribution in [0.15, 0.2) is 89.5 Å². The van der Waals surface area contributed by atoms with Crippen molar-refractivity contribution >= 4 is 17.0 Å². The molecule has 35 heavy (non-hydrogen) atoms. The number of aromatic nitrogens is 4. The van der Waals surface area contributed by atoms with Crippen LogP contribution in [-0.4, -0.2) is 57.6 Å². The van der Waals surface area contributed by atoms with E-state index in [4.69, 9.17) is 19.4 Å². The fourth-order valence-corrected chi connectivity index (χ4v) is 4.45. The summed E-state index contributed by atoms with van der Waals surface area (Å²) in [4.78, 5) is 23.8. The van der Waals surface area contributed by atoms with Gasteiger partial charge in [-0.3, -0.25) is 9.88 Å². The van der Waals surface area contributed by atoms with Crippen molar-refractivity contribution in [1.29, 1.82) is 0 Å². The Labute approximate surface area is 204 Å². The van der Waals surface area contributed by atoms with Gasteiger partial charge in [-0.05, 0) is 24.3 Å². The summed E-state index contributed by atoms with van der Waals surface area (Å²) in [7, 11) is 0. The van der Waals surface area contributed by atoms with E-state index < -0.39 is 0 Å². The third-order valence-electron chi connectivity index (χ3n) is 6.38. The molecule has 7 nitrogen and oxygen atoms in total. The molecule has 3 aromatic heterocycles.